The molecule has 1 aliphatic rings. The van der Waals surface area contributed by atoms with Crippen LogP contribution in [0.4, 0.5) is 5.69 Å². The standard InChI is InChI=1S/C16H23NO4/c1-20-9-10-21-8-4-7-17-12-14(16(18)19)11-13-5-2-3-6-15(13)17/h2-3,5-6,14H,4,7-12H2,1H3,(H,18,19). The van der Waals surface area contributed by atoms with E-state index in [0.717, 1.165) is 24.2 Å². The lowest BCUT2D eigenvalue weighted by Gasteiger charge is -2.34. The number of ether oxygens (including phenoxy) is 2. The number of para-hydroxylation sites is 1. The Morgan fingerprint density at radius 1 is 1.33 bits per heavy atom. The summed E-state index contributed by atoms with van der Waals surface area (Å²) in [4.78, 5) is 13.5. The predicted molar refractivity (Wildman–Crippen MR) is 80.8 cm³/mol. The number of benzene rings is 1. The first kappa shape index (κ1) is 15.8. The van der Waals surface area contributed by atoms with Crippen LogP contribution in [0.2, 0.25) is 0 Å². The van der Waals surface area contributed by atoms with E-state index in [2.05, 4.69) is 11.0 Å². The Kier molecular flexibility index (Phi) is 6.02. The summed E-state index contributed by atoms with van der Waals surface area (Å²) in [6.07, 6.45) is 1.50. The van der Waals surface area contributed by atoms with Crippen LogP contribution in [0, 0.1) is 5.92 Å². The molecule has 0 spiro atoms. The Bertz CT molecular complexity index is 463. The summed E-state index contributed by atoms with van der Waals surface area (Å²) >= 11 is 0. The van der Waals surface area contributed by atoms with E-state index in [1.54, 1.807) is 7.11 Å². The highest BCUT2D eigenvalue weighted by Crippen LogP contribution is 2.29. The highest BCUT2D eigenvalue weighted by molar-refractivity contribution is 5.73. The number of anilines is 1. The van der Waals surface area contributed by atoms with Crippen LogP contribution in [0.25, 0.3) is 0 Å². The molecule has 1 aromatic carbocycles. The third-order valence-corrected chi connectivity index (χ3v) is 3.74. The van der Waals surface area contributed by atoms with Crippen LogP contribution < -0.4 is 4.90 Å². The molecule has 0 aliphatic carbocycles. The maximum absolute atomic E-state index is 11.3. The molecule has 1 unspecified atom stereocenters. The van der Waals surface area contributed by atoms with Crippen molar-refractivity contribution in [3.8, 4) is 0 Å². The fourth-order valence-corrected chi connectivity index (χ4v) is 2.67. The summed E-state index contributed by atoms with van der Waals surface area (Å²) in [5.74, 6) is -1.04. The molecule has 0 saturated carbocycles. The number of carbonyl (C=O) groups is 1. The van der Waals surface area contributed by atoms with Crippen LogP contribution in [-0.4, -0.2) is 51.1 Å². The van der Waals surface area contributed by atoms with Gasteiger partial charge in [-0.05, 0) is 24.5 Å². The molecule has 0 amide bonds. The van der Waals surface area contributed by atoms with Gasteiger partial charge in [0.15, 0.2) is 0 Å². The lowest BCUT2D eigenvalue weighted by Crippen LogP contribution is -2.39. The second kappa shape index (κ2) is 8.00. The molecular formula is C16H23NO4. The fourth-order valence-electron chi connectivity index (χ4n) is 2.67. The number of methoxy groups -OCH3 is 1. The molecule has 0 aromatic heterocycles. The van der Waals surface area contributed by atoms with E-state index < -0.39 is 5.97 Å². The summed E-state index contributed by atoms with van der Waals surface area (Å²) in [6.45, 7) is 3.26. The normalized spacial score (nSPS) is 17.6. The fraction of sp³-hybridized carbons (Fsp3) is 0.562. The molecule has 5 nitrogen and oxygen atoms in total. The Balaban J connectivity index is 1.90. The van der Waals surface area contributed by atoms with Crippen LogP contribution in [0.1, 0.15) is 12.0 Å². The molecule has 0 fully saturated rings. The van der Waals surface area contributed by atoms with Crippen LogP contribution in [0.5, 0.6) is 0 Å². The first-order valence-corrected chi connectivity index (χ1v) is 7.34. The molecule has 1 aliphatic heterocycles. The smallest absolute Gasteiger partial charge is 0.308 e. The molecule has 0 radical (unpaired) electrons. The van der Waals surface area contributed by atoms with Gasteiger partial charge in [-0.1, -0.05) is 18.2 Å². The molecule has 0 saturated heterocycles. The van der Waals surface area contributed by atoms with Crippen molar-refractivity contribution in [2.45, 2.75) is 12.8 Å². The molecule has 116 valence electrons. The molecule has 1 heterocycles. The maximum Gasteiger partial charge on any atom is 0.308 e. The molecule has 0 bridgehead atoms. The minimum atomic E-state index is -0.717. The van der Waals surface area contributed by atoms with E-state index in [-0.39, 0.29) is 5.92 Å². The minimum absolute atomic E-state index is 0.325. The number of hydrogen-bond acceptors (Lipinski definition) is 4. The van der Waals surface area contributed by atoms with Gasteiger partial charge in [-0.15, -0.1) is 0 Å². The molecule has 1 aromatic rings. The van der Waals surface area contributed by atoms with Crippen molar-refractivity contribution in [2.75, 3.05) is 44.9 Å². The third kappa shape index (κ3) is 4.44. The van der Waals surface area contributed by atoms with Gasteiger partial charge in [-0.3, -0.25) is 4.79 Å². The summed E-state index contributed by atoms with van der Waals surface area (Å²) < 4.78 is 10.4. The number of carboxylic acids is 1. The average Bonchev–Trinajstić information content (AvgIpc) is 2.50. The first-order valence-electron chi connectivity index (χ1n) is 7.34. The zero-order valence-electron chi connectivity index (χ0n) is 12.5. The van der Waals surface area contributed by atoms with E-state index >= 15 is 0 Å². The Morgan fingerprint density at radius 2 is 2.14 bits per heavy atom. The highest BCUT2D eigenvalue weighted by atomic mass is 16.5. The summed E-state index contributed by atoms with van der Waals surface area (Å²) in [5, 5.41) is 9.29. The summed E-state index contributed by atoms with van der Waals surface area (Å²) in [5.41, 5.74) is 2.28. The quantitative estimate of drug-likeness (QED) is 0.741. The second-order valence-electron chi connectivity index (χ2n) is 5.27. The Labute approximate surface area is 125 Å². The van der Waals surface area contributed by atoms with Gasteiger partial charge in [-0.25, -0.2) is 0 Å². The monoisotopic (exact) mass is 293 g/mol. The van der Waals surface area contributed by atoms with Gasteiger partial charge >= 0.3 is 5.97 Å². The summed E-state index contributed by atoms with van der Waals surface area (Å²) in [6, 6.07) is 8.06. The minimum Gasteiger partial charge on any atom is -0.481 e. The number of rotatable bonds is 8. The van der Waals surface area contributed by atoms with Crippen molar-refractivity contribution in [1.82, 2.24) is 0 Å². The van der Waals surface area contributed by atoms with E-state index in [9.17, 15) is 9.90 Å². The maximum atomic E-state index is 11.3. The second-order valence-corrected chi connectivity index (χ2v) is 5.27. The SMILES string of the molecule is COCCOCCCN1CC(C(=O)O)Cc2ccccc21. The van der Waals surface area contributed by atoms with Gasteiger partial charge < -0.3 is 19.5 Å². The topological polar surface area (TPSA) is 59.0 Å². The van der Waals surface area contributed by atoms with Crippen molar-refractivity contribution in [3.05, 3.63) is 29.8 Å². The predicted octanol–water partition coefficient (Wildman–Crippen LogP) is 1.80. The van der Waals surface area contributed by atoms with Crippen molar-refractivity contribution in [2.24, 2.45) is 5.92 Å². The molecule has 1 N–H and O–H groups in total. The Morgan fingerprint density at radius 3 is 2.90 bits per heavy atom. The van der Waals surface area contributed by atoms with E-state index in [0.29, 0.717) is 32.8 Å². The number of aliphatic carboxylic acids is 1. The largest absolute Gasteiger partial charge is 0.481 e. The Hall–Kier alpha value is -1.59. The van der Waals surface area contributed by atoms with Gasteiger partial charge in [0.25, 0.3) is 0 Å². The number of hydrogen-bond donors (Lipinski definition) is 1. The molecular weight excluding hydrogens is 270 g/mol. The average molecular weight is 293 g/mol. The van der Waals surface area contributed by atoms with E-state index in [4.69, 9.17) is 9.47 Å². The summed E-state index contributed by atoms with van der Waals surface area (Å²) in [7, 11) is 1.65. The van der Waals surface area contributed by atoms with E-state index in [1.807, 2.05) is 18.2 Å². The van der Waals surface area contributed by atoms with Crippen molar-refractivity contribution >= 4 is 11.7 Å². The molecule has 21 heavy (non-hydrogen) atoms. The first-order chi connectivity index (χ1) is 10.2. The van der Waals surface area contributed by atoms with Crippen molar-refractivity contribution in [3.63, 3.8) is 0 Å². The lowest BCUT2D eigenvalue weighted by atomic mass is 9.92. The number of fused-ring (bicyclic) bond motifs is 1. The van der Waals surface area contributed by atoms with Gasteiger partial charge in [0.1, 0.15) is 0 Å². The lowest BCUT2D eigenvalue weighted by molar-refractivity contribution is -0.141. The van der Waals surface area contributed by atoms with Crippen LogP contribution in [0.3, 0.4) is 0 Å². The third-order valence-electron chi connectivity index (χ3n) is 3.74. The zero-order chi connectivity index (χ0) is 15.1. The van der Waals surface area contributed by atoms with Gasteiger partial charge in [0.2, 0.25) is 0 Å². The van der Waals surface area contributed by atoms with Crippen LogP contribution in [-0.2, 0) is 20.7 Å². The van der Waals surface area contributed by atoms with E-state index in [1.165, 1.54) is 0 Å². The zero-order valence-corrected chi connectivity index (χ0v) is 12.5. The van der Waals surface area contributed by atoms with Gasteiger partial charge in [0.05, 0.1) is 19.1 Å². The molecule has 5 heteroatoms. The van der Waals surface area contributed by atoms with Crippen molar-refractivity contribution in [1.29, 1.82) is 0 Å². The number of nitrogens with zero attached hydrogens (tertiary/aromatic N) is 1. The van der Waals surface area contributed by atoms with Crippen LogP contribution in [0.15, 0.2) is 24.3 Å². The number of carboxylic acid groups (broad SMARTS) is 1. The van der Waals surface area contributed by atoms with Gasteiger partial charge in [0, 0.05) is 32.5 Å². The van der Waals surface area contributed by atoms with Gasteiger partial charge in [-0.2, -0.15) is 0 Å². The van der Waals surface area contributed by atoms with Crippen molar-refractivity contribution < 1.29 is 19.4 Å². The van der Waals surface area contributed by atoms with Crippen LogP contribution >= 0.6 is 0 Å². The molecule has 1 atom stereocenters. The molecule has 2 rings (SSSR count). The highest BCUT2D eigenvalue weighted by Gasteiger charge is 2.28.